The maximum atomic E-state index is 6.94. The summed E-state index contributed by atoms with van der Waals surface area (Å²) in [5, 5.41) is 0. The third kappa shape index (κ3) is 71.5. The van der Waals surface area contributed by atoms with Crippen LogP contribution in [-0.4, -0.2) is 5.54 Å². The zero-order valence-electron chi connectivity index (χ0n) is 15.2. The Kier molecular flexibility index (Phi) is 74.2. The smallest absolute Gasteiger partial charge is 0 e. The molecule has 2 aliphatic carbocycles. The van der Waals surface area contributed by atoms with Gasteiger partial charge in [-0.2, -0.15) is 12.2 Å². The maximum Gasteiger partial charge on any atom is 0 e. The van der Waals surface area contributed by atoms with E-state index in [4.69, 9.17) is 5.73 Å². The van der Waals surface area contributed by atoms with Gasteiger partial charge in [0.1, 0.15) is 0 Å². The van der Waals surface area contributed by atoms with Crippen molar-refractivity contribution in [2.45, 2.75) is 39.2 Å². The second kappa shape index (κ2) is 33.0. The predicted octanol–water partition coefficient (Wildman–Crippen LogP) is 7.09. The Morgan fingerprint density at radius 2 is 1.00 bits per heavy atom. The average Bonchev–Trinajstić information content (AvgIpc) is 2.81. The summed E-state index contributed by atoms with van der Waals surface area (Å²) >= 11 is 0. The number of rotatable bonds is 0. The van der Waals surface area contributed by atoms with Crippen LogP contribution >= 0.6 is 24.8 Å². The third-order valence-electron chi connectivity index (χ3n) is 1.17. The molecule has 2 aliphatic rings. The van der Waals surface area contributed by atoms with Crippen molar-refractivity contribution < 1.29 is 21.7 Å². The molecule has 0 saturated carbocycles. The summed E-state index contributed by atoms with van der Waals surface area (Å²) in [6.45, 7) is 5.56. The molecular weight excluding hydrogens is 349 g/mol. The molecule has 22 heavy (non-hydrogen) atoms. The van der Waals surface area contributed by atoms with Gasteiger partial charge in [0.2, 0.25) is 0 Å². The Balaban J connectivity index is -0.0000000192. The Morgan fingerprint density at radius 1 is 0.773 bits per heavy atom. The topological polar surface area (TPSA) is 23.8 Å². The van der Waals surface area contributed by atoms with E-state index in [9.17, 15) is 0 Å². The van der Waals surface area contributed by atoms with Gasteiger partial charge in [0.05, 0.1) is 0 Å². The molecule has 0 bridgehead atoms. The molecular formula is C18H34Cl2NTi-7. The van der Waals surface area contributed by atoms with Crippen LogP contribution < -0.4 is 0 Å². The van der Waals surface area contributed by atoms with Crippen molar-refractivity contribution >= 4 is 24.8 Å². The van der Waals surface area contributed by atoms with Crippen molar-refractivity contribution in [3.63, 3.8) is 0 Å². The number of halogens is 2. The van der Waals surface area contributed by atoms with Crippen LogP contribution in [0.4, 0.5) is 0 Å². The van der Waals surface area contributed by atoms with E-state index >= 15 is 0 Å². The van der Waals surface area contributed by atoms with Crippen molar-refractivity contribution in [2.75, 3.05) is 0 Å². The summed E-state index contributed by atoms with van der Waals surface area (Å²) in [5.74, 6) is 0. The van der Waals surface area contributed by atoms with E-state index in [0.29, 0.717) is 0 Å². The van der Waals surface area contributed by atoms with Crippen LogP contribution in [0.3, 0.4) is 0 Å². The zero-order valence-corrected chi connectivity index (χ0v) is 18.4. The number of allylic oxidation sites excluding steroid dienone is 8. The molecule has 0 aliphatic heterocycles. The monoisotopic (exact) mass is 382 g/mol. The van der Waals surface area contributed by atoms with Gasteiger partial charge in [0.25, 0.3) is 0 Å². The Labute approximate surface area is 169 Å². The maximum absolute atomic E-state index is 6.94. The molecule has 4 heteroatoms. The number of hydrogen-bond acceptors (Lipinski definition) is 0. The predicted molar refractivity (Wildman–Crippen MR) is 107 cm³/mol. The van der Waals surface area contributed by atoms with Gasteiger partial charge >= 0.3 is 0 Å². The fourth-order valence-corrected chi connectivity index (χ4v) is 0.680. The molecule has 0 aromatic heterocycles. The first-order chi connectivity index (χ1) is 7.00. The van der Waals surface area contributed by atoms with Crippen LogP contribution in [0.15, 0.2) is 36.5 Å². The van der Waals surface area contributed by atoms with Crippen molar-refractivity contribution in [1.29, 1.82) is 0 Å². The average molecular weight is 383 g/mol. The first-order valence-corrected chi connectivity index (χ1v) is 5.18. The van der Waals surface area contributed by atoms with Crippen molar-refractivity contribution in [1.82, 2.24) is 0 Å². The van der Waals surface area contributed by atoms with E-state index in [2.05, 4.69) is 24.3 Å². The van der Waals surface area contributed by atoms with Gasteiger partial charge in [0, 0.05) is 21.7 Å². The van der Waals surface area contributed by atoms with Crippen LogP contribution in [0.5, 0.6) is 0 Å². The van der Waals surface area contributed by atoms with Crippen LogP contribution in [-0.2, 0) is 21.7 Å². The molecule has 0 unspecified atom stereocenters. The fraction of sp³-hybridized carbons (Fsp3) is 0.333. The Bertz CT molecular complexity index is 217. The van der Waals surface area contributed by atoms with E-state index in [0.717, 1.165) is 12.8 Å². The van der Waals surface area contributed by atoms with E-state index in [1.807, 2.05) is 45.1 Å². The molecule has 1 nitrogen and oxygen atoms in total. The first kappa shape index (κ1) is 49.5. The Hall–Kier alpha value is 0.214. The van der Waals surface area contributed by atoms with Crippen LogP contribution in [0.2, 0.25) is 0 Å². The second-order valence-electron chi connectivity index (χ2n) is 4.26. The second-order valence-corrected chi connectivity index (χ2v) is 4.26. The summed E-state index contributed by atoms with van der Waals surface area (Å²) in [7, 11) is 0. The molecule has 0 aromatic carbocycles. The van der Waals surface area contributed by atoms with Crippen molar-refractivity contribution in [2.24, 2.45) is 0 Å². The molecule has 2 rings (SSSR count). The number of nitrogens with one attached hydrogen (secondary N) is 1. The van der Waals surface area contributed by atoms with Crippen molar-refractivity contribution in [3.8, 4) is 0 Å². The van der Waals surface area contributed by atoms with E-state index in [1.54, 1.807) is 0 Å². The normalized spacial score (nSPS) is 10.7. The molecule has 0 aromatic rings. The molecule has 136 valence electrons. The van der Waals surface area contributed by atoms with E-state index in [1.165, 1.54) is 0 Å². The molecule has 0 amide bonds. The molecule has 0 atom stereocenters. The van der Waals surface area contributed by atoms with Gasteiger partial charge in [-0.05, 0) is 0 Å². The van der Waals surface area contributed by atoms with Gasteiger partial charge < -0.3 is 35.4 Å². The van der Waals surface area contributed by atoms with E-state index in [-0.39, 0.29) is 81.8 Å². The molecule has 0 heterocycles. The van der Waals surface area contributed by atoms with Crippen LogP contribution in [0.1, 0.15) is 33.6 Å². The SMILES string of the molecule is CC(C)(C)[NH-].Cl.Cl.[C-]1=CC=CC1.[C-]1=CC=CC1.[CH3-].[CH3-].[CH3-].[CH3-].[Ti]. The quantitative estimate of drug-likeness (QED) is 0.315. The fourth-order valence-electron chi connectivity index (χ4n) is 0.680. The standard InChI is InChI=1S/2C5H5.C4H10N.4CH3.2ClH.Ti/c2*1-2-4-5-3-1;1-4(2,3)5;;;;;;;/h2*1-3H,4H2;5H,1-3H3;4*1H3;2*1H;/q7*-1;;;. The minimum atomic E-state index is -0.250. The molecule has 0 radical (unpaired) electrons. The molecule has 1 N–H and O–H groups in total. The summed E-state index contributed by atoms with van der Waals surface area (Å²) in [6, 6.07) is 0. The zero-order chi connectivity index (χ0) is 11.6. The molecule has 0 saturated heterocycles. The number of hydrogen-bond donors (Lipinski definition) is 0. The molecule has 0 spiro atoms. The third-order valence-corrected chi connectivity index (χ3v) is 1.17. The van der Waals surface area contributed by atoms with E-state index < -0.39 is 0 Å². The summed E-state index contributed by atoms with van der Waals surface area (Å²) < 4.78 is 0. The minimum Gasteiger partial charge on any atom is -0.673 e. The van der Waals surface area contributed by atoms with Crippen LogP contribution in [0, 0.1) is 41.9 Å². The van der Waals surface area contributed by atoms with Gasteiger partial charge in [-0.15, -0.1) is 43.2 Å². The molecule has 0 fully saturated rings. The van der Waals surface area contributed by atoms with Crippen molar-refractivity contribution in [3.05, 3.63) is 84.0 Å². The summed E-state index contributed by atoms with van der Waals surface area (Å²) in [4.78, 5) is 0. The van der Waals surface area contributed by atoms with Gasteiger partial charge in [-0.3, -0.25) is 12.2 Å². The Morgan fingerprint density at radius 3 is 1.05 bits per heavy atom. The van der Waals surface area contributed by atoms with Gasteiger partial charge in [-0.25, -0.2) is 24.3 Å². The van der Waals surface area contributed by atoms with Gasteiger partial charge in [-0.1, -0.05) is 20.8 Å². The van der Waals surface area contributed by atoms with Gasteiger partial charge in [0.15, 0.2) is 0 Å². The summed E-state index contributed by atoms with van der Waals surface area (Å²) in [6.07, 6.45) is 20.0. The largest absolute Gasteiger partial charge is 0.673 e. The first-order valence-electron chi connectivity index (χ1n) is 5.18. The minimum absolute atomic E-state index is 0. The summed E-state index contributed by atoms with van der Waals surface area (Å²) in [5.41, 5.74) is 6.69. The van der Waals surface area contributed by atoms with Crippen LogP contribution in [0.25, 0.3) is 5.73 Å².